The van der Waals surface area contributed by atoms with E-state index in [1.54, 1.807) is 7.05 Å². The molecule has 1 aromatic rings. The molecule has 2 aliphatic heterocycles. The molecule has 5 nitrogen and oxygen atoms in total. The molecular weight excluding hydrogens is 316 g/mol. The highest BCUT2D eigenvalue weighted by Gasteiger charge is 2.48. The Balaban J connectivity index is 1.77. The highest BCUT2D eigenvalue weighted by molar-refractivity contribution is 5.86. The van der Waals surface area contributed by atoms with E-state index in [2.05, 4.69) is 10.2 Å². The zero-order chi connectivity index (χ0) is 17.2. The van der Waals surface area contributed by atoms with E-state index in [1.807, 2.05) is 0 Å². The predicted molar refractivity (Wildman–Crippen MR) is 85.4 cm³/mol. The Kier molecular flexibility index (Phi) is 5.12. The van der Waals surface area contributed by atoms with Gasteiger partial charge in [-0.25, -0.2) is 8.78 Å². The second-order valence-electron chi connectivity index (χ2n) is 6.47. The van der Waals surface area contributed by atoms with Crippen LogP contribution in [-0.4, -0.2) is 67.7 Å². The highest BCUT2D eigenvalue weighted by Crippen LogP contribution is 2.29. The van der Waals surface area contributed by atoms with Crippen LogP contribution >= 0.6 is 0 Å². The molecule has 1 amide bonds. The Labute approximate surface area is 140 Å². The number of nitrogens with one attached hydrogen (secondary N) is 1. The van der Waals surface area contributed by atoms with Gasteiger partial charge in [-0.05, 0) is 6.07 Å². The lowest BCUT2D eigenvalue weighted by Crippen LogP contribution is -2.63. The van der Waals surface area contributed by atoms with Crippen LogP contribution in [0.5, 0.6) is 0 Å². The number of halogens is 2. The fraction of sp³-hybridized carbons (Fsp3) is 0.588. The van der Waals surface area contributed by atoms with Crippen molar-refractivity contribution >= 4 is 5.91 Å². The van der Waals surface area contributed by atoms with Crippen molar-refractivity contribution in [2.75, 3.05) is 46.4 Å². The fourth-order valence-electron chi connectivity index (χ4n) is 3.53. The van der Waals surface area contributed by atoms with Gasteiger partial charge in [-0.3, -0.25) is 9.69 Å². The summed E-state index contributed by atoms with van der Waals surface area (Å²) in [7, 11) is 1.66. The Morgan fingerprint density at radius 2 is 2.12 bits per heavy atom. The molecule has 0 spiro atoms. The summed E-state index contributed by atoms with van der Waals surface area (Å²) in [4.78, 5) is 16.8. The van der Waals surface area contributed by atoms with Crippen LogP contribution in [0.2, 0.25) is 0 Å². The van der Waals surface area contributed by atoms with Crippen molar-refractivity contribution in [3.63, 3.8) is 0 Å². The Morgan fingerprint density at radius 3 is 2.75 bits per heavy atom. The Bertz CT molecular complexity index is 599. The molecule has 1 N–H and O–H groups in total. The molecule has 0 aliphatic carbocycles. The van der Waals surface area contributed by atoms with Crippen LogP contribution in [0.4, 0.5) is 8.78 Å². The first-order valence-corrected chi connectivity index (χ1v) is 8.26. The lowest BCUT2D eigenvalue weighted by Gasteiger charge is -2.43. The van der Waals surface area contributed by atoms with E-state index < -0.39 is 17.2 Å². The summed E-state index contributed by atoms with van der Waals surface area (Å²) in [5.74, 6) is -1.31. The van der Waals surface area contributed by atoms with Gasteiger partial charge in [0.15, 0.2) is 0 Å². The quantitative estimate of drug-likeness (QED) is 0.889. The number of rotatable bonds is 4. The molecule has 3 rings (SSSR count). The van der Waals surface area contributed by atoms with Crippen LogP contribution < -0.4 is 5.32 Å². The lowest BCUT2D eigenvalue weighted by atomic mass is 9.93. The smallest absolute Gasteiger partial charge is 0.245 e. The number of hydrogen-bond donors (Lipinski definition) is 1. The van der Waals surface area contributed by atoms with Gasteiger partial charge >= 0.3 is 0 Å². The minimum absolute atomic E-state index is 0.0642. The highest BCUT2D eigenvalue weighted by atomic mass is 19.1. The van der Waals surface area contributed by atoms with Crippen LogP contribution in [0.15, 0.2) is 18.2 Å². The second-order valence-corrected chi connectivity index (χ2v) is 6.47. The molecule has 1 aromatic carbocycles. The number of piperazine rings is 1. The maximum atomic E-state index is 13.9. The molecule has 2 fully saturated rings. The normalized spacial score (nSPS) is 25.0. The third kappa shape index (κ3) is 3.29. The van der Waals surface area contributed by atoms with E-state index in [-0.39, 0.29) is 12.5 Å². The van der Waals surface area contributed by atoms with Gasteiger partial charge in [0.1, 0.15) is 17.2 Å². The topological polar surface area (TPSA) is 44.8 Å². The van der Waals surface area contributed by atoms with Gasteiger partial charge in [-0.2, -0.15) is 0 Å². The van der Waals surface area contributed by atoms with Gasteiger partial charge < -0.3 is 15.0 Å². The first-order valence-electron chi connectivity index (χ1n) is 8.26. The van der Waals surface area contributed by atoms with Crippen LogP contribution in [0.1, 0.15) is 12.0 Å². The summed E-state index contributed by atoms with van der Waals surface area (Å²) < 4.78 is 32.5. The van der Waals surface area contributed by atoms with E-state index in [0.29, 0.717) is 25.2 Å². The first-order chi connectivity index (χ1) is 11.5. The van der Waals surface area contributed by atoms with Crippen molar-refractivity contribution in [1.29, 1.82) is 0 Å². The van der Waals surface area contributed by atoms with Gasteiger partial charge in [0, 0.05) is 64.4 Å². The lowest BCUT2D eigenvalue weighted by molar-refractivity contribution is -0.144. The average Bonchev–Trinajstić information content (AvgIpc) is 3.08. The van der Waals surface area contributed by atoms with Crippen molar-refractivity contribution in [1.82, 2.24) is 15.1 Å². The van der Waals surface area contributed by atoms with Crippen LogP contribution in [0.3, 0.4) is 0 Å². The second kappa shape index (κ2) is 7.13. The molecule has 1 atom stereocenters. The van der Waals surface area contributed by atoms with Crippen molar-refractivity contribution in [2.45, 2.75) is 18.5 Å². The zero-order valence-electron chi connectivity index (χ0n) is 13.9. The molecule has 2 saturated heterocycles. The first kappa shape index (κ1) is 17.3. The van der Waals surface area contributed by atoms with E-state index in [4.69, 9.17) is 4.74 Å². The SMILES string of the molecule is CN(Cc1ccc(F)cc1F)C(=O)C1(N2CCNCC2)CCOC1. The monoisotopic (exact) mass is 339 g/mol. The predicted octanol–water partition coefficient (Wildman–Crippen LogP) is 0.987. The van der Waals surface area contributed by atoms with E-state index in [1.165, 1.54) is 17.0 Å². The van der Waals surface area contributed by atoms with Crippen LogP contribution in [0.25, 0.3) is 0 Å². The molecule has 2 aliphatic rings. The standard InChI is InChI=1S/C17H23F2N3O2/c1-21(11-13-2-3-14(18)10-15(13)19)16(23)17(4-9-24-12-17)22-7-5-20-6-8-22/h2-3,10,20H,4-9,11-12H2,1H3. The van der Waals surface area contributed by atoms with Crippen molar-refractivity contribution in [3.05, 3.63) is 35.4 Å². The number of ether oxygens (including phenoxy) is 1. The van der Waals surface area contributed by atoms with Crippen LogP contribution in [0, 0.1) is 11.6 Å². The number of amides is 1. The van der Waals surface area contributed by atoms with E-state index >= 15 is 0 Å². The summed E-state index contributed by atoms with van der Waals surface area (Å²) in [6.07, 6.45) is 0.641. The number of benzene rings is 1. The Hall–Kier alpha value is -1.57. The summed E-state index contributed by atoms with van der Waals surface area (Å²) in [5, 5.41) is 3.28. The van der Waals surface area contributed by atoms with E-state index in [9.17, 15) is 13.6 Å². The molecular formula is C17H23F2N3O2. The average molecular weight is 339 g/mol. The van der Waals surface area contributed by atoms with Gasteiger partial charge in [-0.1, -0.05) is 6.07 Å². The Morgan fingerprint density at radius 1 is 1.38 bits per heavy atom. The molecule has 2 heterocycles. The summed E-state index contributed by atoms with van der Waals surface area (Å²) in [6, 6.07) is 3.44. The van der Waals surface area contributed by atoms with Crippen LogP contribution in [-0.2, 0) is 16.1 Å². The summed E-state index contributed by atoms with van der Waals surface area (Å²) in [6.45, 7) is 4.27. The zero-order valence-corrected chi connectivity index (χ0v) is 13.9. The van der Waals surface area contributed by atoms with Crippen molar-refractivity contribution in [2.24, 2.45) is 0 Å². The summed E-state index contributed by atoms with van der Waals surface area (Å²) in [5.41, 5.74) is -0.366. The molecule has 0 bridgehead atoms. The molecule has 24 heavy (non-hydrogen) atoms. The fourth-order valence-corrected chi connectivity index (χ4v) is 3.53. The third-order valence-corrected chi connectivity index (χ3v) is 4.89. The minimum atomic E-state index is -0.673. The molecule has 0 radical (unpaired) electrons. The number of nitrogens with zero attached hydrogens (tertiary/aromatic N) is 2. The van der Waals surface area contributed by atoms with Crippen molar-refractivity contribution < 1.29 is 18.3 Å². The molecule has 1 unspecified atom stereocenters. The molecule has 132 valence electrons. The minimum Gasteiger partial charge on any atom is -0.379 e. The third-order valence-electron chi connectivity index (χ3n) is 4.89. The van der Waals surface area contributed by atoms with Gasteiger partial charge in [-0.15, -0.1) is 0 Å². The maximum absolute atomic E-state index is 13.9. The van der Waals surface area contributed by atoms with Gasteiger partial charge in [0.05, 0.1) is 6.61 Å². The number of carbonyl (C=O) groups excluding carboxylic acids is 1. The maximum Gasteiger partial charge on any atom is 0.245 e. The summed E-state index contributed by atoms with van der Waals surface area (Å²) >= 11 is 0. The van der Waals surface area contributed by atoms with Gasteiger partial charge in [0.2, 0.25) is 5.91 Å². The number of hydrogen-bond acceptors (Lipinski definition) is 4. The van der Waals surface area contributed by atoms with E-state index in [0.717, 1.165) is 32.2 Å². The number of likely N-dealkylation sites (N-methyl/N-ethyl adjacent to an activating group) is 1. The number of carbonyl (C=O) groups is 1. The molecule has 0 saturated carbocycles. The largest absolute Gasteiger partial charge is 0.379 e. The van der Waals surface area contributed by atoms with Crippen molar-refractivity contribution in [3.8, 4) is 0 Å². The molecule has 7 heteroatoms. The molecule has 0 aromatic heterocycles. The van der Waals surface area contributed by atoms with Gasteiger partial charge in [0.25, 0.3) is 0 Å².